The Morgan fingerprint density at radius 2 is 1.75 bits per heavy atom. The molecular formula is C22H27ClFN3O3S2. The highest BCUT2D eigenvalue weighted by Crippen LogP contribution is 2.31. The first-order chi connectivity index (χ1) is 14.8. The lowest BCUT2D eigenvalue weighted by Gasteiger charge is -2.25. The predicted molar refractivity (Wildman–Crippen MR) is 130 cm³/mol. The molecule has 0 N–H and O–H groups in total. The fourth-order valence-electron chi connectivity index (χ4n) is 3.23. The highest BCUT2D eigenvalue weighted by atomic mass is 35.5. The Bertz CT molecular complexity index is 1180. The third-order valence-corrected chi connectivity index (χ3v) is 7.96. The molecule has 3 aromatic rings. The number of nitrogens with zero attached hydrogens (tertiary/aromatic N) is 3. The average molecular weight is 500 g/mol. The number of fused-ring (bicyclic) bond motifs is 1. The maximum atomic E-state index is 14.2. The number of para-hydroxylation sites is 1. The van der Waals surface area contributed by atoms with E-state index in [0.29, 0.717) is 22.9 Å². The molecule has 0 aliphatic heterocycles. The molecule has 1 amide bonds. The number of thiazole rings is 1. The van der Waals surface area contributed by atoms with Crippen molar-refractivity contribution in [2.24, 2.45) is 0 Å². The zero-order valence-corrected chi connectivity index (χ0v) is 20.7. The van der Waals surface area contributed by atoms with Crippen molar-refractivity contribution in [3.63, 3.8) is 0 Å². The Labute approximate surface area is 198 Å². The summed E-state index contributed by atoms with van der Waals surface area (Å²) in [6.07, 6.45) is 0. The molecule has 0 unspecified atom stereocenters. The van der Waals surface area contributed by atoms with Crippen LogP contribution >= 0.6 is 23.7 Å². The molecule has 0 aliphatic rings. The number of amides is 1. The van der Waals surface area contributed by atoms with Crippen molar-refractivity contribution < 1.29 is 17.6 Å². The normalized spacial score (nSPS) is 11.5. The van der Waals surface area contributed by atoms with Gasteiger partial charge in [0.05, 0.1) is 15.3 Å². The second kappa shape index (κ2) is 11.2. The molecule has 0 spiro atoms. The first-order valence-corrected chi connectivity index (χ1v) is 12.7. The van der Waals surface area contributed by atoms with Crippen LogP contribution in [0.15, 0.2) is 47.4 Å². The number of aromatic nitrogens is 1. The molecule has 3 rings (SSSR count). The van der Waals surface area contributed by atoms with E-state index in [9.17, 15) is 17.6 Å². The second-order valence-corrected chi connectivity index (χ2v) is 10.3. The van der Waals surface area contributed by atoms with Crippen molar-refractivity contribution >= 4 is 54.8 Å². The van der Waals surface area contributed by atoms with E-state index in [1.807, 2.05) is 13.8 Å². The summed E-state index contributed by atoms with van der Waals surface area (Å²) in [4.78, 5) is 21.6. The molecule has 0 atom stereocenters. The van der Waals surface area contributed by atoms with Gasteiger partial charge in [0.25, 0.3) is 5.91 Å². The van der Waals surface area contributed by atoms with E-state index in [1.54, 1.807) is 31.2 Å². The van der Waals surface area contributed by atoms with Crippen molar-refractivity contribution in [2.75, 3.05) is 36.8 Å². The number of benzene rings is 2. The van der Waals surface area contributed by atoms with E-state index >= 15 is 0 Å². The minimum Gasteiger partial charge on any atom is -0.302 e. The Morgan fingerprint density at radius 1 is 1.06 bits per heavy atom. The largest absolute Gasteiger partial charge is 0.302 e. The van der Waals surface area contributed by atoms with Crippen molar-refractivity contribution in [2.45, 2.75) is 25.7 Å². The first kappa shape index (κ1) is 26.2. The van der Waals surface area contributed by atoms with Crippen LogP contribution in [0.5, 0.6) is 0 Å². The number of carbonyl (C=O) groups excluding carboxylic acids is 1. The topological polar surface area (TPSA) is 70.6 Å². The number of likely N-dealkylation sites (N-methyl/N-ethyl adjacent to an activating group) is 1. The van der Waals surface area contributed by atoms with Crippen LogP contribution in [-0.2, 0) is 9.84 Å². The average Bonchev–Trinajstić information content (AvgIpc) is 3.22. The second-order valence-electron chi connectivity index (χ2n) is 7.00. The summed E-state index contributed by atoms with van der Waals surface area (Å²) in [7, 11) is -3.45. The molecule has 1 heterocycles. The van der Waals surface area contributed by atoms with Crippen LogP contribution in [0.4, 0.5) is 9.52 Å². The SMILES string of the molecule is CCN(CC)CCN(C(=O)c1cccc(S(=O)(=O)CC)c1)c1nc2c(F)cccc2s1.Cl. The molecule has 6 nitrogen and oxygen atoms in total. The van der Waals surface area contributed by atoms with E-state index in [4.69, 9.17) is 0 Å². The summed E-state index contributed by atoms with van der Waals surface area (Å²) in [5.74, 6) is -0.847. The number of rotatable bonds is 9. The van der Waals surface area contributed by atoms with Crippen LogP contribution in [0.25, 0.3) is 10.2 Å². The summed E-state index contributed by atoms with van der Waals surface area (Å²) < 4.78 is 39.4. The summed E-state index contributed by atoms with van der Waals surface area (Å²) in [6, 6.07) is 10.8. The smallest absolute Gasteiger partial charge is 0.260 e. The summed E-state index contributed by atoms with van der Waals surface area (Å²) in [5.41, 5.74) is 0.485. The molecule has 2 aromatic carbocycles. The van der Waals surface area contributed by atoms with Crippen LogP contribution in [-0.4, -0.2) is 56.1 Å². The van der Waals surface area contributed by atoms with Gasteiger partial charge in [-0.05, 0) is 43.4 Å². The summed E-state index contributed by atoms with van der Waals surface area (Å²) in [5, 5.41) is 0.390. The highest BCUT2D eigenvalue weighted by Gasteiger charge is 2.24. The van der Waals surface area contributed by atoms with E-state index in [2.05, 4.69) is 9.88 Å². The van der Waals surface area contributed by atoms with Gasteiger partial charge in [-0.2, -0.15) is 0 Å². The number of hydrogen-bond acceptors (Lipinski definition) is 6. The van der Waals surface area contributed by atoms with Crippen LogP contribution in [0.1, 0.15) is 31.1 Å². The fraction of sp³-hybridized carbons (Fsp3) is 0.364. The molecule has 174 valence electrons. The monoisotopic (exact) mass is 499 g/mol. The van der Waals surface area contributed by atoms with Crippen molar-refractivity contribution in [1.82, 2.24) is 9.88 Å². The van der Waals surface area contributed by atoms with Crippen molar-refractivity contribution in [1.29, 1.82) is 0 Å². The lowest BCUT2D eigenvalue weighted by molar-refractivity contribution is 0.0983. The molecule has 0 radical (unpaired) electrons. The standard InChI is InChI=1S/C22H26FN3O3S2.ClH/c1-4-25(5-2)13-14-26(22-24-20-18(23)11-8-12-19(20)30-22)21(27)16-9-7-10-17(15-16)31(28,29)6-3;/h7-12,15H,4-6,13-14H2,1-3H3;1H. The molecular weight excluding hydrogens is 473 g/mol. The lowest BCUT2D eigenvalue weighted by atomic mass is 10.2. The minimum absolute atomic E-state index is 0. The van der Waals surface area contributed by atoms with E-state index in [-0.39, 0.29) is 40.0 Å². The Kier molecular flexibility index (Phi) is 9.15. The van der Waals surface area contributed by atoms with Crippen molar-refractivity contribution in [3.8, 4) is 0 Å². The van der Waals surface area contributed by atoms with Gasteiger partial charge in [-0.25, -0.2) is 17.8 Å². The quantitative estimate of drug-likeness (QED) is 0.429. The number of hydrogen-bond donors (Lipinski definition) is 0. The molecule has 0 aliphatic carbocycles. The van der Waals surface area contributed by atoms with Gasteiger partial charge >= 0.3 is 0 Å². The van der Waals surface area contributed by atoms with Gasteiger partial charge in [0.2, 0.25) is 0 Å². The molecule has 0 bridgehead atoms. The number of sulfone groups is 1. The molecule has 0 saturated heterocycles. The highest BCUT2D eigenvalue weighted by molar-refractivity contribution is 7.91. The number of anilines is 1. The van der Waals surface area contributed by atoms with Crippen molar-refractivity contribution in [3.05, 3.63) is 53.8 Å². The molecule has 0 fully saturated rings. The number of carbonyl (C=O) groups is 1. The van der Waals surface area contributed by atoms with Gasteiger partial charge in [0, 0.05) is 18.7 Å². The zero-order valence-electron chi connectivity index (χ0n) is 18.2. The van der Waals surface area contributed by atoms with Crippen LogP contribution in [0.2, 0.25) is 0 Å². The van der Waals surface area contributed by atoms with Gasteiger partial charge in [0.15, 0.2) is 15.0 Å². The first-order valence-electron chi connectivity index (χ1n) is 10.2. The van der Waals surface area contributed by atoms with Crippen LogP contribution in [0, 0.1) is 5.82 Å². The van der Waals surface area contributed by atoms with Gasteiger partial charge in [0.1, 0.15) is 11.3 Å². The van der Waals surface area contributed by atoms with Crippen LogP contribution < -0.4 is 4.90 Å². The summed E-state index contributed by atoms with van der Waals surface area (Å²) in [6.45, 7) is 8.28. The van der Waals surface area contributed by atoms with Gasteiger partial charge in [-0.1, -0.05) is 44.2 Å². The lowest BCUT2D eigenvalue weighted by Crippen LogP contribution is -2.39. The Balaban J connectivity index is 0.00000363. The van der Waals surface area contributed by atoms with Crippen LogP contribution in [0.3, 0.4) is 0 Å². The van der Waals surface area contributed by atoms with Gasteiger partial charge < -0.3 is 4.90 Å². The van der Waals surface area contributed by atoms with E-state index in [0.717, 1.165) is 13.1 Å². The molecule has 32 heavy (non-hydrogen) atoms. The Hall–Kier alpha value is -2.07. The maximum Gasteiger partial charge on any atom is 0.260 e. The summed E-state index contributed by atoms with van der Waals surface area (Å²) >= 11 is 1.24. The molecule has 0 saturated carbocycles. The molecule has 10 heteroatoms. The van der Waals surface area contributed by atoms with Gasteiger partial charge in [-0.15, -0.1) is 12.4 Å². The third-order valence-electron chi connectivity index (χ3n) is 5.19. The number of halogens is 2. The zero-order chi connectivity index (χ0) is 22.6. The Morgan fingerprint density at radius 3 is 2.38 bits per heavy atom. The fourth-order valence-corrected chi connectivity index (χ4v) is 5.16. The van der Waals surface area contributed by atoms with E-state index in [1.165, 1.54) is 34.4 Å². The third kappa shape index (κ3) is 5.64. The minimum atomic E-state index is -3.45. The predicted octanol–water partition coefficient (Wildman–Crippen LogP) is 4.64. The van der Waals surface area contributed by atoms with E-state index < -0.39 is 15.7 Å². The molecule has 1 aromatic heterocycles. The van der Waals surface area contributed by atoms with Gasteiger partial charge in [-0.3, -0.25) is 9.69 Å². The maximum absolute atomic E-state index is 14.2.